The van der Waals surface area contributed by atoms with Gasteiger partial charge in [0.25, 0.3) is 0 Å². The first-order chi connectivity index (χ1) is 19.9. The van der Waals surface area contributed by atoms with E-state index in [4.69, 9.17) is 14.6 Å². The molecule has 1 saturated heterocycles. The van der Waals surface area contributed by atoms with E-state index in [9.17, 15) is 14.4 Å². The lowest BCUT2D eigenvalue weighted by Gasteiger charge is -2.30. The summed E-state index contributed by atoms with van der Waals surface area (Å²) in [6.07, 6.45) is -1.22. The minimum absolute atomic E-state index is 0.00837. The first kappa shape index (κ1) is 28.3. The summed E-state index contributed by atoms with van der Waals surface area (Å²) in [7, 11) is 1.40. The average Bonchev–Trinajstić information content (AvgIpc) is 3.53. The van der Waals surface area contributed by atoms with E-state index in [1.807, 2.05) is 54.6 Å². The second-order valence-corrected chi connectivity index (χ2v) is 10.6. The van der Waals surface area contributed by atoms with Crippen molar-refractivity contribution in [3.63, 3.8) is 0 Å². The molecule has 0 aromatic heterocycles. The third kappa shape index (κ3) is 6.42. The zero-order chi connectivity index (χ0) is 28.8. The number of nitrogens with zero attached hydrogens (tertiary/aromatic N) is 1. The van der Waals surface area contributed by atoms with Crippen molar-refractivity contribution in [1.82, 2.24) is 15.5 Å². The molecule has 3 aromatic carbocycles. The fourth-order valence-electron chi connectivity index (χ4n) is 5.85. The minimum Gasteiger partial charge on any atom is -0.481 e. The number of carboxylic acid groups (broad SMARTS) is 1. The molecule has 2 amide bonds. The van der Waals surface area contributed by atoms with E-state index in [2.05, 4.69) is 39.8 Å². The summed E-state index contributed by atoms with van der Waals surface area (Å²) in [5, 5.41) is 14.8. The van der Waals surface area contributed by atoms with Gasteiger partial charge in [0.15, 0.2) is 0 Å². The SMILES string of the molecule is COC(CNC(=O)C1(NC(=O)OCC2c3ccccc3-c3ccccc32)CCN(Cc2ccccc2)C1)CC(=O)O. The highest BCUT2D eigenvalue weighted by Crippen LogP contribution is 2.44. The van der Waals surface area contributed by atoms with Gasteiger partial charge in [-0.05, 0) is 34.2 Å². The molecule has 9 heteroatoms. The van der Waals surface area contributed by atoms with Crippen molar-refractivity contribution in [2.24, 2.45) is 0 Å². The van der Waals surface area contributed by atoms with Crippen LogP contribution in [0.25, 0.3) is 11.1 Å². The van der Waals surface area contributed by atoms with E-state index < -0.39 is 29.6 Å². The average molecular weight is 558 g/mol. The van der Waals surface area contributed by atoms with Crippen LogP contribution in [0.3, 0.4) is 0 Å². The van der Waals surface area contributed by atoms with Crippen molar-refractivity contribution in [1.29, 1.82) is 0 Å². The van der Waals surface area contributed by atoms with Crippen molar-refractivity contribution in [2.75, 3.05) is 33.4 Å². The van der Waals surface area contributed by atoms with Crippen LogP contribution >= 0.6 is 0 Å². The molecule has 0 radical (unpaired) electrons. The van der Waals surface area contributed by atoms with Gasteiger partial charge < -0.3 is 25.2 Å². The lowest BCUT2D eigenvalue weighted by molar-refractivity contribution is -0.140. The summed E-state index contributed by atoms with van der Waals surface area (Å²) >= 11 is 0. The van der Waals surface area contributed by atoms with Gasteiger partial charge in [-0.2, -0.15) is 0 Å². The molecule has 3 N–H and O–H groups in total. The molecule has 0 spiro atoms. The maximum Gasteiger partial charge on any atom is 0.408 e. The summed E-state index contributed by atoms with van der Waals surface area (Å²) in [6, 6.07) is 26.1. The van der Waals surface area contributed by atoms with Crippen LogP contribution in [-0.2, 0) is 25.6 Å². The monoisotopic (exact) mass is 557 g/mol. The zero-order valence-electron chi connectivity index (χ0n) is 23.0. The summed E-state index contributed by atoms with van der Waals surface area (Å²) in [5.74, 6) is -1.52. The van der Waals surface area contributed by atoms with Crippen molar-refractivity contribution >= 4 is 18.0 Å². The number of alkyl carbamates (subject to hydrolysis) is 1. The fraction of sp³-hybridized carbons (Fsp3) is 0.344. The van der Waals surface area contributed by atoms with Crippen molar-refractivity contribution < 1.29 is 29.0 Å². The maximum absolute atomic E-state index is 13.6. The molecule has 2 aliphatic rings. The van der Waals surface area contributed by atoms with Gasteiger partial charge in [0.1, 0.15) is 12.1 Å². The van der Waals surface area contributed by atoms with E-state index in [0.29, 0.717) is 19.5 Å². The maximum atomic E-state index is 13.6. The Morgan fingerprint density at radius 3 is 2.24 bits per heavy atom. The van der Waals surface area contributed by atoms with E-state index in [-0.39, 0.29) is 32.0 Å². The van der Waals surface area contributed by atoms with Crippen LogP contribution in [0.4, 0.5) is 4.79 Å². The third-order valence-corrected chi connectivity index (χ3v) is 7.94. The van der Waals surface area contributed by atoms with Crippen LogP contribution in [0.1, 0.15) is 35.4 Å². The summed E-state index contributed by atoms with van der Waals surface area (Å²) < 4.78 is 11.0. The van der Waals surface area contributed by atoms with Crippen LogP contribution in [-0.4, -0.2) is 73.0 Å². The molecule has 2 atom stereocenters. The zero-order valence-corrected chi connectivity index (χ0v) is 23.0. The minimum atomic E-state index is -1.24. The lowest BCUT2D eigenvalue weighted by atomic mass is 9.97. The number of hydrogen-bond acceptors (Lipinski definition) is 6. The second kappa shape index (κ2) is 12.5. The van der Waals surface area contributed by atoms with Crippen LogP contribution < -0.4 is 10.6 Å². The number of amides is 2. The molecule has 0 bridgehead atoms. The molecule has 2 unspecified atom stereocenters. The number of carboxylic acids is 1. The quantitative estimate of drug-likeness (QED) is 0.329. The van der Waals surface area contributed by atoms with Crippen LogP contribution in [0.5, 0.6) is 0 Å². The number of carbonyl (C=O) groups excluding carboxylic acids is 2. The Hall–Kier alpha value is -4.21. The van der Waals surface area contributed by atoms with Crippen LogP contribution in [0, 0.1) is 0 Å². The van der Waals surface area contributed by atoms with Crippen molar-refractivity contribution in [3.8, 4) is 11.1 Å². The van der Waals surface area contributed by atoms with E-state index in [0.717, 1.165) is 27.8 Å². The number of ether oxygens (including phenoxy) is 2. The lowest BCUT2D eigenvalue weighted by Crippen LogP contribution is -2.61. The number of likely N-dealkylation sites (tertiary alicyclic amines) is 1. The van der Waals surface area contributed by atoms with Gasteiger partial charge in [-0.15, -0.1) is 0 Å². The normalized spacial score (nSPS) is 18.8. The van der Waals surface area contributed by atoms with Gasteiger partial charge in [0.2, 0.25) is 5.91 Å². The van der Waals surface area contributed by atoms with Gasteiger partial charge in [0, 0.05) is 39.2 Å². The number of hydrogen-bond donors (Lipinski definition) is 3. The first-order valence-corrected chi connectivity index (χ1v) is 13.8. The van der Waals surface area contributed by atoms with Gasteiger partial charge in [-0.1, -0.05) is 78.9 Å². The van der Waals surface area contributed by atoms with E-state index in [1.54, 1.807) is 0 Å². The molecule has 5 rings (SSSR count). The molecular formula is C32H35N3O6. The standard InChI is InChI=1S/C32H35N3O6/c1-40-23(17-29(36)37)18-33-30(38)32(15-16-35(21-32)19-22-9-3-2-4-10-22)34-31(39)41-20-28-26-13-7-5-11-24(26)25-12-6-8-14-27(25)28/h2-14,23,28H,15-21H2,1H3,(H,33,38)(H,34,39)(H,36,37). The number of fused-ring (bicyclic) bond motifs is 3. The molecule has 9 nitrogen and oxygen atoms in total. The van der Waals surface area contributed by atoms with E-state index in [1.165, 1.54) is 7.11 Å². The van der Waals surface area contributed by atoms with Crippen molar-refractivity contribution in [2.45, 2.75) is 36.9 Å². The molecule has 41 heavy (non-hydrogen) atoms. The Labute approximate surface area is 239 Å². The van der Waals surface area contributed by atoms with Crippen molar-refractivity contribution in [3.05, 3.63) is 95.6 Å². The van der Waals surface area contributed by atoms with Gasteiger partial charge in [-0.3, -0.25) is 14.5 Å². The smallest absolute Gasteiger partial charge is 0.408 e. The molecule has 1 fully saturated rings. The number of benzene rings is 3. The molecule has 1 aliphatic heterocycles. The molecule has 214 valence electrons. The number of aliphatic carboxylic acids is 1. The predicted molar refractivity (Wildman–Crippen MR) is 153 cm³/mol. The number of nitrogens with one attached hydrogen (secondary N) is 2. The second-order valence-electron chi connectivity index (χ2n) is 10.6. The molecule has 1 heterocycles. The largest absolute Gasteiger partial charge is 0.481 e. The third-order valence-electron chi connectivity index (χ3n) is 7.94. The van der Waals surface area contributed by atoms with Gasteiger partial charge >= 0.3 is 12.1 Å². The Kier molecular flexibility index (Phi) is 8.66. The number of carbonyl (C=O) groups is 3. The van der Waals surface area contributed by atoms with Gasteiger partial charge in [-0.25, -0.2) is 4.79 Å². The highest BCUT2D eigenvalue weighted by atomic mass is 16.5. The molecule has 0 saturated carbocycles. The first-order valence-electron chi connectivity index (χ1n) is 13.8. The Bertz CT molecular complexity index is 1350. The Morgan fingerprint density at radius 2 is 1.61 bits per heavy atom. The molecule has 1 aliphatic carbocycles. The Balaban J connectivity index is 1.28. The summed E-state index contributed by atoms with van der Waals surface area (Å²) in [5.41, 5.74) is 4.34. The predicted octanol–water partition coefficient (Wildman–Crippen LogP) is 3.78. The molecule has 3 aromatic rings. The van der Waals surface area contributed by atoms with E-state index >= 15 is 0 Å². The van der Waals surface area contributed by atoms with Crippen LogP contribution in [0.2, 0.25) is 0 Å². The Morgan fingerprint density at radius 1 is 0.976 bits per heavy atom. The topological polar surface area (TPSA) is 117 Å². The highest BCUT2D eigenvalue weighted by molar-refractivity contribution is 5.91. The molecular weight excluding hydrogens is 522 g/mol. The number of rotatable bonds is 11. The van der Waals surface area contributed by atoms with Gasteiger partial charge in [0.05, 0.1) is 12.5 Å². The van der Waals surface area contributed by atoms with Crippen LogP contribution in [0.15, 0.2) is 78.9 Å². The summed E-state index contributed by atoms with van der Waals surface area (Å²) in [6.45, 7) is 1.65. The fourth-order valence-corrected chi connectivity index (χ4v) is 5.85. The number of methoxy groups -OCH3 is 1. The highest BCUT2D eigenvalue weighted by Gasteiger charge is 2.46. The summed E-state index contributed by atoms with van der Waals surface area (Å²) in [4.78, 5) is 40.1.